The Morgan fingerprint density at radius 2 is 1.08 bits per heavy atom. The lowest BCUT2D eigenvalue weighted by atomic mass is 10.2. The van der Waals surface area contributed by atoms with Gasteiger partial charge in [-0.05, 0) is 35.4 Å². The van der Waals surface area contributed by atoms with E-state index in [-0.39, 0.29) is 24.6 Å². The van der Waals surface area contributed by atoms with E-state index in [0.29, 0.717) is 11.1 Å². The highest BCUT2D eigenvalue weighted by atomic mass is 31.1. The quantitative estimate of drug-likeness (QED) is 0.401. The van der Waals surface area contributed by atoms with Gasteiger partial charge in [-0.3, -0.25) is 29.3 Å². The summed E-state index contributed by atoms with van der Waals surface area (Å²) < 4.78 is 21.7. The molecule has 0 heterocycles. The van der Waals surface area contributed by atoms with Crippen molar-refractivity contribution in [2.24, 2.45) is 0 Å². The van der Waals surface area contributed by atoms with Gasteiger partial charge in [-0.2, -0.15) is 0 Å². The molecule has 24 heavy (non-hydrogen) atoms. The van der Waals surface area contributed by atoms with Gasteiger partial charge < -0.3 is 0 Å². The van der Waals surface area contributed by atoms with Gasteiger partial charge in [0.2, 0.25) is 0 Å². The van der Waals surface area contributed by atoms with Gasteiger partial charge in [0.1, 0.15) is 0 Å². The fraction of sp³-hybridized carbons (Fsp3) is 0.143. The van der Waals surface area contributed by atoms with Crippen molar-refractivity contribution in [2.45, 2.75) is 13.2 Å². The highest BCUT2D eigenvalue weighted by molar-refractivity contribution is 7.33. The van der Waals surface area contributed by atoms with Gasteiger partial charge in [-0.1, -0.05) is 0 Å². The average molecular weight is 351 g/mol. The number of nitro benzene ring substituents is 2. The summed E-state index contributed by atoms with van der Waals surface area (Å²) in [6, 6.07) is 11.3. The molecule has 2 rings (SSSR count). The third kappa shape index (κ3) is 5.17. The predicted octanol–water partition coefficient (Wildman–Crippen LogP) is 3.89. The van der Waals surface area contributed by atoms with E-state index in [1.165, 1.54) is 48.5 Å². The van der Waals surface area contributed by atoms with E-state index < -0.39 is 18.1 Å². The van der Waals surface area contributed by atoms with Crippen LogP contribution in [-0.2, 0) is 26.8 Å². The first-order chi connectivity index (χ1) is 11.5. The molecule has 0 unspecified atom stereocenters. The molecule has 10 heteroatoms. The Kier molecular flexibility index (Phi) is 6.02. The van der Waals surface area contributed by atoms with Crippen molar-refractivity contribution in [1.82, 2.24) is 0 Å². The molecule has 0 aliphatic heterocycles. The first-order valence-electron chi connectivity index (χ1n) is 6.65. The smallest absolute Gasteiger partial charge is 0.278 e. The maximum atomic E-state index is 11.6. The molecule has 0 saturated carbocycles. The number of hydrogen-bond acceptors (Lipinski definition) is 7. The summed E-state index contributed by atoms with van der Waals surface area (Å²) >= 11 is 0. The summed E-state index contributed by atoms with van der Waals surface area (Å²) in [5.74, 6) is 0. The van der Waals surface area contributed by atoms with Crippen LogP contribution in [0, 0.1) is 20.2 Å². The number of hydrogen-bond donors (Lipinski definition) is 0. The Balaban J connectivity index is 1.78. The zero-order valence-electron chi connectivity index (χ0n) is 12.2. The van der Waals surface area contributed by atoms with Gasteiger partial charge in [0, 0.05) is 24.3 Å². The number of benzene rings is 2. The van der Waals surface area contributed by atoms with Crippen molar-refractivity contribution in [2.75, 3.05) is 0 Å². The van der Waals surface area contributed by atoms with Crippen LogP contribution < -0.4 is 0 Å². The molecule has 0 atom stereocenters. The molecule has 0 N–H and O–H groups in total. The summed E-state index contributed by atoms with van der Waals surface area (Å²) in [6.45, 7) is -0.0408. The van der Waals surface area contributed by atoms with Gasteiger partial charge >= 0.3 is 8.25 Å². The fourth-order valence-corrected chi connectivity index (χ4v) is 2.30. The average Bonchev–Trinajstić information content (AvgIpc) is 2.58. The summed E-state index contributed by atoms with van der Waals surface area (Å²) in [5, 5.41) is 21.1. The molecule has 0 fully saturated rings. The molecule has 2 aromatic carbocycles. The van der Waals surface area contributed by atoms with Crippen LogP contribution in [0.2, 0.25) is 0 Å². The van der Waals surface area contributed by atoms with Crippen LogP contribution in [0.4, 0.5) is 11.4 Å². The van der Waals surface area contributed by atoms with E-state index >= 15 is 0 Å². The SMILES string of the molecule is O=[N+]([O-])c1ccc(CO[P](=O)OCc2ccc([N+](=O)[O-])cc2)cc1. The van der Waals surface area contributed by atoms with Crippen LogP contribution in [-0.4, -0.2) is 9.85 Å². The van der Waals surface area contributed by atoms with Crippen LogP contribution in [0.5, 0.6) is 0 Å². The molecule has 0 bridgehead atoms. The molecular weight excluding hydrogens is 339 g/mol. The third-order valence-electron chi connectivity index (χ3n) is 2.97. The highest BCUT2D eigenvalue weighted by Crippen LogP contribution is 2.28. The van der Waals surface area contributed by atoms with Crippen LogP contribution in [0.25, 0.3) is 0 Å². The second kappa shape index (κ2) is 8.21. The number of non-ortho nitro benzene ring substituents is 2. The maximum Gasteiger partial charge on any atom is 0.369 e. The largest absolute Gasteiger partial charge is 0.369 e. The van der Waals surface area contributed by atoms with Crippen LogP contribution in [0.3, 0.4) is 0 Å². The molecule has 0 spiro atoms. The topological polar surface area (TPSA) is 122 Å². The third-order valence-corrected chi connectivity index (χ3v) is 3.65. The molecule has 125 valence electrons. The minimum absolute atomic E-state index is 0.0204. The van der Waals surface area contributed by atoms with Gasteiger partial charge in [0.25, 0.3) is 11.4 Å². The Labute approximate surface area is 137 Å². The molecule has 0 aromatic heterocycles. The lowest BCUT2D eigenvalue weighted by Gasteiger charge is -2.04. The Bertz CT molecular complexity index is 683. The molecule has 0 saturated heterocycles. The second-order valence-electron chi connectivity index (χ2n) is 4.62. The van der Waals surface area contributed by atoms with Crippen molar-refractivity contribution in [1.29, 1.82) is 0 Å². The zero-order chi connectivity index (χ0) is 17.5. The summed E-state index contributed by atoms with van der Waals surface area (Å²) in [5.41, 5.74) is 1.14. The first kappa shape index (κ1) is 17.6. The molecule has 0 aliphatic rings. The molecule has 1 radical (unpaired) electrons. The van der Waals surface area contributed by atoms with Crippen molar-refractivity contribution in [3.63, 3.8) is 0 Å². The fourth-order valence-electron chi connectivity index (χ4n) is 1.72. The Morgan fingerprint density at radius 3 is 1.38 bits per heavy atom. The molecule has 0 amide bonds. The summed E-state index contributed by atoms with van der Waals surface area (Å²) in [4.78, 5) is 20.0. The lowest BCUT2D eigenvalue weighted by Crippen LogP contribution is -1.92. The van der Waals surface area contributed by atoms with Crippen molar-refractivity contribution in [3.8, 4) is 0 Å². The van der Waals surface area contributed by atoms with Crippen molar-refractivity contribution >= 4 is 19.6 Å². The maximum absolute atomic E-state index is 11.6. The Hall–Kier alpha value is -2.74. The van der Waals surface area contributed by atoms with Crippen LogP contribution in [0.15, 0.2) is 48.5 Å². The number of rotatable bonds is 8. The summed E-state index contributed by atoms with van der Waals surface area (Å²) in [7, 11) is -2.39. The van der Waals surface area contributed by atoms with E-state index in [2.05, 4.69) is 0 Å². The van der Waals surface area contributed by atoms with E-state index in [1.54, 1.807) is 0 Å². The normalized spacial score (nSPS) is 10.3. The van der Waals surface area contributed by atoms with Crippen molar-refractivity contribution < 1.29 is 23.5 Å². The molecule has 0 aliphatic carbocycles. The van der Waals surface area contributed by atoms with Crippen LogP contribution in [0.1, 0.15) is 11.1 Å². The van der Waals surface area contributed by atoms with E-state index in [1.807, 2.05) is 0 Å². The van der Waals surface area contributed by atoms with Gasteiger partial charge in [-0.25, -0.2) is 4.57 Å². The minimum atomic E-state index is -2.39. The Morgan fingerprint density at radius 1 is 0.750 bits per heavy atom. The highest BCUT2D eigenvalue weighted by Gasteiger charge is 2.08. The van der Waals surface area contributed by atoms with E-state index in [9.17, 15) is 24.8 Å². The second-order valence-corrected chi connectivity index (χ2v) is 5.58. The zero-order valence-corrected chi connectivity index (χ0v) is 13.1. The van der Waals surface area contributed by atoms with Crippen LogP contribution >= 0.6 is 8.25 Å². The summed E-state index contributed by atoms with van der Waals surface area (Å²) in [6.07, 6.45) is 0. The van der Waals surface area contributed by atoms with E-state index in [0.717, 1.165) is 0 Å². The lowest BCUT2D eigenvalue weighted by molar-refractivity contribution is -0.385. The predicted molar refractivity (Wildman–Crippen MR) is 83.4 cm³/mol. The minimum Gasteiger partial charge on any atom is -0.278 e. The molecule has 9 nitrogen and oxygen atoms in total. The standard InChI is InChI=1S/C14H12N2O7P/c17-15(18)13-5-1-11(2-6-13)9-22-24(21)23-10-12-3-7-14(8-4-12)16(19)20/h1-8H,9-10H2. The molecular formula is C14H12N2O7P. The van der Waals surface area contributed by atoms with E-state index in [4.69, 9.17) is 9.05 Å². The number of nitrogens with zero attached hydrogens (tertiary/aromatic N) is 2. The number of nitro groups is 2. The van der Waals surface area contributed by atoms with Gasteiger partial charge in [0.05, 0.1) is 23.1 Å². The first-order valence-corrected chi connectivity index (χ1v) is 7.75. The monoisotopic (exact) mass is 351 g/mol. The van der Waals surface area contributed by atoms with Gasteiger partial charge in [0.15, 0.2) is 0 Å². The van der Waals surface area contributed by atoms with Gasteiger partial charge in [-0.15, -0.1) is 0 Å². The molecule has 2 aromatic rings. The van der Waals surface area contributed by atoms with Crippen molar-refractivity contribution in [3.05, 3.63) is 79.9 Å².